The molecule has 3 atom stereocenters. The summed E-state index contributed by atoms with van der Waals surface area (Å²) >= 11 is 0. The summed E-state index contributed by atoms with van der Waals surface area (Å²) in [5.74, 6) is -0.330. The van der Waals surface area contributed by atoms with Gasteiger partial charge in [0.2, 0.25) is 5.91 Å². The number of imide groups is 1. The maximum absolute atomic E-state index is 13.8. The minimum absolute atomic E-state index is 0.0495. The molecule has 2 aromatic rings. The Morgan fingerprint density at radius 3 is 2.48 bits per heavy atom. The summed E-state index contributed by atoms with van der Waals surface area (Å²) in [6.07, 6.45) is 0.103. The van der Waals surface area contributed by atoms with Crippen LogP contribution in [0.3, 0.4) is 0 Å². The van der Waals surface area contributed by atoms with Gasteiger partial charge >= 0.3 is 6.09 Å². The molecule has 0 N–H and O–H groups in total. The second-order valence-electron chi connectivity index (χ2n) is 9.83. The lowest BCUT2D eigenvalue weighted by Crippen LogP contribution is -2.46. The first-order valence-corrected chi connectivity index (χ1v) is 11.1. The Bertz CT molecular complexity index is 951. The van der Waals surface area contributed by atoms with Crippen LogP contribution in [0.25, 0.3) is 0 Å². The summed E-state index contributed by atoms with van der Waals surface area (Å²) in [7, 11) is 0. The van der Waals surface area contributed by atoms with Crippen LogP contribution >= 0.6 is 0 Å². The van der Waals surface area contributed by atoms with Crippen LogP contribution in [-0.4, -0.2) is 53.1 Å². The summed E-state index contributed by atoms with van der Waals surface area (Å²) in [6.45, 7) is 10.3. The number of ether oxygens (including phenoxy) is 1. The summed E-state index contributed by atoms with van der Waals surface area (Å²) in [5.41, 5.74) is 3.39. The van der Waals surface area contributed by atoms with Crippen LogP contribution in [0.2, 0.25) is 0 Å². The van der Waals surface area contributed by atoms with Gasteiger partial charge in [-0.05, 0) is 45.2 Å². The SMILES string of the molecule is Cc1cccc(C2CN(C(C)(C)C)CC2C(=O)N2C(=O)OC[C@@H]2Cc2ccccc2)c1. The minimum Gasteiger partial charge on any atom is -0.447 e. The zero-order chi connectivity index (χ0) is 22.2. The van der Waals surface area contributed by atoms with Crippen LogP contribution in [0, 0.1) is 12.8 Å². The number of benzene rings is 2. The molecule has 4 rings (SSSR count). The van der Waals surface area contributed by atoms with Gasteiger partial charge in [0.25, 0.3) is 0 Å². The van der Waals surface area contributed by atoms with Gasteiger partial charge in [-0.1, -0.05) is 60.2 Å². The van der Waals surface area contributed by atoms with Crippen molar-refractivity contribution in [3.8, 4) is 0 Å². The van der Waals surface area contributed by atoms with E-state index in [0.717, 1.165) is 17.7 Å². The number of cyclic esters (lactones) is 1. The molecule has 0 aliphatic carbocycles. The monoisotopic (exact) mass is 420 g/mol. The van der Waals surface area contributed by atoms with Gasteiger partial charge in [-0.15, -0.1) is 0 Å². The van der Waals surface area contributed by atoms with Crippen molar-refractivity contribution >= 4 is 12.0 Å². The van der Waals surface area contributed by atoms with Crippen LogP contribution in [0.4, 0.5) is 4.79 Å². The van der Waals surface area contributed by atoms with Crippen molar-refractivity contribution in [2.24, 2.45) is 5.92 Å². The topological polar surface area (TPSA) is 49.9 Å². The average Bonchev–Trinajstić information content (AvgIpc) is 3.33. The number of amides is 2. The first-order chi connectivity index (χ1) is 14.7. The maximum Gasteiger partial charge on any atom is 0.416 e. The number of carbonyl (C=O) groups excluding carboxylic acids is 2. The van der Waals surface area contributed by atoms with Crippen molar-refractivity contribution in [3.05, 3.63) is 71.3 Å². The third kappa shape index (κ3) is 4.52. The van der Waals surface area contributed by atoms with Gasteiger partial charge in [0.05, 0.1) is 12.0 Å². The van der Waals surface area contributed by atoms with Gasteiger partial charge in [-0.2, -0.15) is 0 Å². The van der Waals surface area contributed by atoms with Crippen molar-refractivity contribution in [1.29, 1.82) is 0 Å². The van der Waals surface area contributed by atoms with Crippen LogP contribution in [0.15, 0.2) is 54.6 Å². The highest BCUT2D eigenvalue weighted by atomic mass is 16.6. The normalized spacial score (nSPS) is 24.5. The lowest BCUT2D eigenvalue weighted by molar-refractivity contribution is -0.133. The lowest BCUT2D eigenvalue weighted by atomic mass is 9.87. The second kappa shape index (κ2) is 8.46. The van der Waals surface area contributed by atoms with E-state index in [1.807, 2.05) is 36.4 Å². The Morgan fingerprint density at radius 2 is 1.81 bits per heavy atom. The lowest BCUT2D eigenvalue weighted by Gasteiger charge is -2.32. The molecule has 0 aromatic heterocycles. The third-order valence-electron chi connectivity index (χ3n) is 6.57. The fourth-order valence-corrected chi connectivity index (χ4v) is 4.79. The van der Waals surface area contributed by atoms with Crippen molar-refractivity contribution < 1.29 is 14.3 Å². The van der Waals surface area contributed by atoms with Crippen molar-refractivity contribution in [2.45, 2.75) is 51.6 Å². The molecule has 2 fully saturated rings. The number of likely N-dealkylation sites (tertiary alicyclic amines) is 1. The molecule has 2 amide bonds. The number of hydrogen-bond acceptors (Lipinski definition) is 4. The standard InChI is InChI=1S/C26H32N2O3/c1-18-9-8-12-20(13-18)22-15-27(26(2,3)4)16-23(22)24(29)28-21(17-31-25(28)30)14-19-10-6-5-7-11-19/h5-13,21-23H,14-17H2,1-4H3/t21-,22?,23?/m0/s1. The maximum atomic E-state index is 13.8. The van der Waals surface area contributed by atoms with Crippen molar-refractivity contribution in [3.63, 3.8) is 0 Å². The van der Waals surface area contributed by atoms with E-state index >= 15 is 0 Å². The molecule has 31 heavy (non-hydrogen) atoms. The second-order valence-corrected chi connectivity index (χ2v) is 9.83. The molecule has 0 bridgehead atoms. The molecule has 2 aromatic carbocycles. The smallest absolute Gasteiger partial charge is 0.416 e. The third-order valence-corrected chi connectivity index (χ3v) is 6.57. The summed E-state index contributed by atoms with van der Waals surface area (Å²) < 4.78 is 5.34. The molecule has 164 valence electrons. The summed E-state index contributed by atoms with van der Waals surface area (Å²) in [5, 5.41) is 0. The molecular weight excluding hydrogens is 388 g/mol. The Hall–Kier alpha value is -2.66. The number of carbonyl (C=O) groups is 2. The van der Waals surface area contributed by atoms with Crippen molar-refractivity contribution in [2.75, 3.05) is 19.7 Å². The van der Waals surface area contributed by atoms with Crippen molar-refractivity contribution in [1.82, 2.24) is 9.80 Å². The van der Waals surface area contributed by atoms with Gasteiger partial charge in [-0.25, -0.2) is 9.69 Å². The molecule has 2 unspecified atom stereocenters. The van der Waals surface area contributed by atoms with E-state index < -0.39 is 6.09 Å². The predicted octanol–water partition coefficient (Wildman–Crippen LogP) is 4.40. The Morgan fingerprint density at radius 1 is 1.06 bits per heavy atom. The van der Waals surface area contributed by atoms with Crippen LogP contribution < -0.4 is 0 Å². The minimum atomic E-state index is -0.511. The van der Waals surface area contributed by atoms with E-state index in [1.165, 1.54) is 10.5 Å². The molecule has 2 aliphatic heterocycles. The molecule has 0 saturated carbocycles. The van der Waals surface area contributed by atoms with E-state index in [9.17, 15) is 9.59 Å². The molecule has 0 radical (unpaired) electrons. The molecular formula is C26H32N2O3. The molecule has 2 aliphatic rings. The quantitative estimate of drug-likeness (QED) is 0.736. The number of nitrogens with zero attached hydrogens (tertiary/aromatic N) is 2. The van der Waals surface area contributed by atoms with E-state index in [2.05, 4.69) is 50.8 Å². The van der Waals surface area contributed by atoms with E-state index in [-0.39, 0.29) is 35.9 Å². The number of hydrogen-bond donors (Lipinski definition) is 0. The van der Waals surface area contributed by atoms with E-state index in [0.29, 0.717) is 13.0 Å². The highest BCUT2D eigenvalue weighted by Crippen LogP contribution is 2.38. The molecule has 0 spiro atoms. The molecule has 2 saturated heterocycles. The number of rotatable bonds is 4. The fourth-order valence-electron chi connectivity index (χ4n) is 4.79. The molecule has 5 heteroatoms. The fraction of sp³-hybridized carbons (Fsp3) is 0.462. The van der Waals surface area contributed by atoms with Gasteiger partial charge in [0.15, 0.2) is 0 Å². The first-order valence-electron chi connectivity index (χ1n) is 11.1. The summed E-state index contributed by atoms with van der Waals surface area (Å²) in [4.78, 5) is 30.2. The van der Waals surface area contributed by atoms with Gasteiger partial charge in [0.1, 0.15) is 6.61 Å². The van der Waals surface area contributed by atoms with Crippen LogP contribution in [-0.2, 0) is 16.0 Å². The zero-order valence-corrected chi connectivity index (χ0v) is 18.9. The Kier molecular flexibility index (Phi) is 5.89. The van der Waals surface area contributed by atoms with Crippen LogP contribution in [0.1, 0.15) is 43.4 Å². The van der Waals surface area contributed by atoms with E-state index in [4.69, 9.17) is 4.74 Å². The van der Waals surface area contributed by atoms with Gasteiger partial charge in [-0.3, -0.25) is 9.69 Å². The highest BCUT2D eigenvalue weighted by molar-refractivity contribution is 5.95. The summed E-state index contributed by atoms with van der Waals surface area (Å²) in [6, 6.07) is 18.1. The Labute approximate surface area is 185 Å². The zero-order valence-electron chi connectivity index (χ0n) is 18.9. The van der Waals surface area contributed by atoms with Crippen LogP contribution in [0.5, 0.6) is 0 Å². The molecule has 5 nitrogen and oxygen atoms in total. The van der Waals surface area contributed by atoms with Gasteiger partial charge in [0, 0.05) is 24.5 Å². The van der Waals surface area contributed by atoms with Gasteiger partial charge < -0.3 is 4.74 Å². The van der Waals surface area contributed by atoms with E-state index in [1.54, 1.807) is 0 Å². The first kappa shape index (κ1) is 21.6. The highest BCUT2D eigenvalue weighted by Gasteiger charge is 2.48. The average molecular weight is 421 g/mol. The largest absolute Gasteiger partial charge is 0.447 e. The Balaban J connectivity index is 1.62. The number of aryl methyl sites for hydroxylation is 1. The predicted molar refractivity (Wildman–Crippen MR) is 121 cm³/mol. The molecule has 2 heterocycles.